The van der Waals surface area contributed by atoms with Gasteiger partial charge in [-0.3, -0.25) is 4.79 Å². The van der Waals surface area contributed by atoms with Gasteiger partial charge >= 0.3 is 0 Å². The number of benzene rings is 2. The zero-order valence-corrected chi connectivity index (χ0v) is 14.0. The van der Waals surface area contributed by atoms with E-state index in [0.717, 1.165) is 22.0 Å². The van der Waals surface area contributed by atoms with Gasteiger partial charge in [-0.1, -0.05) is 43.3 Å². The van der Waals surface area contributed by atoms with E-state index in [-0.39, 0.29) is 5.91 Å². The number of carbonyl (C=O) groups excluding carboxylic acids is 1. The van der Waals surface area contributed by atoms with Crippen molar-refractivity contribution < 1.29 is 4.79 Å². The van der Waals surface area contributed by atoms with Gasteiger partial charge in [-0.25, -0.2) is 0 Å². The number of aromatic nitrogens is 4. The maximum absolute atomic E-state index is 11.8. The molecule has 0 spiro atoms. The van der Waals surface area contributed by atoms with Crippen molar-refractivity contribution in [3.05, 3.63) is 54.2 Å². The first kappa shape index (κ1) is 15.3. The molecule has 0 fully saturated rings. The second kappa shape index (κ2) is 5.98. The zero-order valence-electron chi connectivity index (χ0n) is 14.0. The lowest BCUT2D eigenvalue weighted by molar-refractivity contribution is -0.115. The summed E-state index contributed by atoms with van der Waals surface area (Å²) < 4.78 is 1.74. The number of carbonyl (C=O) groups is 1. The van der Waals surface area contributed by atoms with Crippen LogP contribution in [-0.2, 0) is 4.79 Å². The Kier molecular flexibility index (Phi) is 3.65. The lowest BCUT2D eigenvalue weighted by atomic mass is 10.1. The van der Waals surface area contributed by atoms with Crippen molar-refractivity contribution in [2.75, 3.05) is 5.32 Å². The minimum atomic E-state index is -0.0455. The van der Waals surface area contributed by atoms with E-state index in [1.54, 1.807) is 4.52 Å². The van der Waals surface area contributed by atoms with Crippen LogP contribution in [-0.4, -0.2) is 25.7 Å². The normalized spacial score (nSPS) is 11.1. The van der Waals surface area contributed by atoms with Gasteiger partial charge in [0.1, 0.15) is 0 Å². The Morgan fingerprint density at radius 2 is 1.76 bits per heavy atom. The smallest absolute Gasteiger partial charge is 0.224 e. The van der Waals surface area contributed by atoms with E-state index in [4.69, 9.17) is 0 Å². The van der Waals surface area contributed by atoms with Crippen LogP contribution in [0.25, 0.3) is 27.8 Å². The largest absolute Gasteiger partial charge is 0.325 e. The summed E-state index contributed by atoms with van der Waals surface area (Å²) in [5, 5.41) is 18.3. The molecule has 0 aliphatic rings. The molecule has 6 nitrogen and oxygen atoms in total. The van der Waals surface area contributed by atoms with Gasteiger partial charge in [0.25, 0.3) is 0 Å². The lowest BCUT2D eigenvalue weighted by Gasteiger charge is -2.09. The number of hydrogen-bond acceptors (Lipinski definition) is 4. The number of aryl methyl sites for hydroxylation is 1. The molecule has 4 rings (SSSR count). The molecule has 0 saturated heterocycles. The quantitative estimate of drug-likeness (QED) is 0.622. The van der Waals surface area contributed by atoms with E-state index in [2.05, 4.69) is 20.6 Å². The molecule has 2 aromatic carbocycles. The Morgan fingerprint density at radius 1 is 1.04 bits per heavy atom. The fourth-order valence-corrected chi connectivity index (χ4v) is 2.93. The highest BCUT2D eigenvalue weighted by Gasteiger charge is 2.16. The van der Waals surface area contributed by atoms with Gasteiger partial charge in [-0.2, -0.15) is 9.61 Å². The van der Waals surface area contributed by atoms with Gasteiger partial charge in [-0.15, -0.1) is 10.2 Å². The Balaban J connectivity index is 1.96. The zero-order chi connectivity index (χ0) is 17.4. The van der Waals surface area contributed by atoms with E-state index in [1.807, 2.05) is 62.4 Å². The topological polar surface area (TPSA) is 72.2 Å². The maximum Gasteiger partial charge on any atom is 0.224 e. The summed E-state index contributed by atoms with van der Waals surface area (Å²) in [4.78, 5) is 11.8. The molecule has 6 heteroatoms. The van der Waals surface area contributed by atoms with Crippen LogP contribution < -0.4 is 5.32 Å². The van der Waals surface area contributed by atoms with Gasteiger partial charge in [0.05, 0.1) is 11.4 Å². The average Bonchev–Trinajstić information content (AvgIpc) is 3.06. The van der Waals surface area contributed by atoms with Crippen LogP contribution in [0.3, 0.4) is 0 Å². The van der Waals surface area contributed by atoms with Crippen LogP contribution in [0.5, 0.6) is 0 Å². The SMILES string of the molecule is CCC(=O)Nc1ccccc1-c1nnc2c3ccccc3c(C)nn12. The monoisotopic (exact) mass is 331 g/mol. The Morgan fingerprint density at radius 3 is 2.56 bits per heavy atom. The third-order valence-corrected chi connectivity index (χ3v) is 4.21. The Labute approximate surface area is 144 Å². The molecule has 2 heterocycles. The number of rotatable bonds is 3. The van der Waals surface area contributed by atoms with E-state index in [9.17, 15) is 4.79 Å². The van der Waals surface area contributed by atoms with Crippen LogP contribution in [0.2, 0.25) is 0 Å². The predicted molar refractivity (Wildman–Crippen MR) is 97.4 cm³/mol. The molecule has 0 saturated carbocycles. The first-order chi connectivity index (χ1) is 12.2. The van der Waals surface area contributed by atoms with Crippen molar-refractivity contribution in [2.45, 2.75) is 20.3 Å². The molecule has 0 aliphatic carbocycles. The summed E-state index contributed by atoms with van der Waals surface area (Å²) in [6, 6.07) is 15.6. The first-order valence-electron chi connectivity index (χ1n) is 8.19. The predicted octanol–water partition coefficient (Wildman–Crippen LogP) is 3.60. The molecule has 4 aromatic rings. The summed E-state index contributed by atoms with van der Waals surface area (Å²) in [6.45, 7) is 3.79. The lowest BCUT2D eigenvalue weighted by Crippen LogP contribution is -2.11. The average molecular weight is 331 g/mol. The molecule has 0 bridgehead atoms. The molecular formula is C19H17N5O. The molecule has 0 unspecified atom stereocenters. The number of fused-ring (bicyclic) bond motifs is 3. The highest BCUT2D eigenvalue weighted by atomic mass is 16.1. The molecule has 1 N–H and O–H groups in total. The number of hydrogen-bond donors (Lipinski definition) is 1. The van der Waals surface area contributed by atoms with E-state index in [1.165, 1.54) is 0 Å². The van der Waals surface area contributed by atoms with Gasteiger partial charge in [0, 0.05) is 22.8 Å². The molecule has 0 aliphatic heterocycles. The summed E-state index contributed by atoms with van der Waals surface area (Å²) in [5.41, 5.74) is 3.10. The van der Waals surface area contributed by atoms with E-state index >= 15 is 0 Å². The number of anilines is 1. The highest BCUT2D eigenvalue weighted by molar-refractivity contribution is 5.97. The highest BCUT2D eigenvalue weighted by Crippen LogP contribution is 2.29. The second-order valence-corrected chi connectivity index (χ2v) is 5.84. The molecule has 0 radical (unpaired) electrons. The number of nitrogens with zero attached hydrogens (tertiary/aromatic N) is 4. The fraction of sp³-hybridized carbons (Fsp3) is 0.158. The minimum Gasteiger partial charge on any atom is -0.325 e. The van der Waals surface area contributed by atoms with E-state index in [0.29, 0.717) is 23.6 Å². The molecule has 124 valence electrons. The van der Waals surface area contributed by atoms with Gasteiger partial charge in [-0.05, 0) is 19.1 Å². The molecule has 1 amide bonds. The van der Waals surface area contributed by atoms with Crippen LogP contribution >= 0.6 is 0 Å². The second-order valence-electron chi connectivity index (χ2n) is 5.84. The van der Waals surface area contributed by atoms with E-state index < -0.39 is 0 Å². The summed E-state index contributed by atoms with van der Waals surface area (Å²) in [5.74, 6) is 0.562. The van der Waals surface area contributed by atoms with Crippen LogP contribution in [0, 0.1) is 6.92 Å². The van der Waals surface area contributed by atoms with Crippen molar-refractivity contribution in [3.63, 3.8) is 0 Å². The van der Waals surface area contributed by atoms with Crippen molar-refractivity contribution in [2.24, 2.45) is 0 Å². The number of nitrogens with one attached hydrogen (secondary N) is 1. The van der Waals surface area contributed by atoms with Crippen molar-refractivity contribution in [1.82, 2.24) is 19.8 Å². The van der Waals surface area contributed by atoms with Crippen LogP contribution in [0.1, 0.15) is 19.0 Å². The van der Waals surface area contributed by atoms with Crippen molar-refractivity contribution in [3.8, 4) is 11.4 Å². The third kappa shape index (κ3) is 2.52. The van der Waals surface area contributed by atoms with Gasteiger partial charge in [0.15, 0.2) is 11.5 Å². The van der Waals surface area contributed by atoms with Gasteiger partial charge in [0.2, 0.25) is 5.91 Å². The Hall–Kier alpha value is -3.28. The molecular weight excluding hydrogens is 314 g/mol. The number of para-hydroxylation sites is 1. The van der Waals surface area contributed by atoms with Crippen LogP contribution in [0.15, 0.2) is 48.5 Å². The first-order valence-corrected chi connectivity index (χ1v) is 8.19. The number of amides is 1. The standard InChI is InChI=1S/C19H17N5O/c1-3-17(25)20-16-11-7-6-10-15(16)19-22-21-18-14-9-5-4-8-13(14)12(2)23-24(18)19/h4-11H,3H2,1-2H3,(H,20,25). The molecule has 0 atom stereocenters. The van der Waals surface area contributed by atoms with Crippen LogP contribution in [0.4, 0.5) is 5.69 Å². The summed E-state index contributed by atoms with van der Waals surface area (Å²) in [6.07, 6.45) is 0.414. The Bertz CT molecular complexity index is 1100. The molecule has 2 aromatic heterocycles. The third-order valence-electron chi connectivity index (χ3n) is 4.21. The fourth-order valence-electron chi connectivity index (χ4n) is 2.93. The maximum atomic E-state index is 11.8. The summed E-state index contributed by atoms with van der Waals surface area (Å²) >= 11 is 0. The summed E-state index contributed by atoms with van der Waals surface area (Å²) in [7, 11) is 0. The van der Waals surface area contributed by atoms with Crippen molar-refractivity contribution in [1.29, 1.82) is 0 Å². The van der Waals surface area contributed by atoms with Crippen molar-refractivity contribution >= 4 is 28.0 Å². The minimum absolute atomic E-state index is 0.0455. The van der Waals surface area contributed by atoms with Gasteiger partial charge < -0.3 is 5.32 Å². The molecule has 25 heavy (non-hydrogen) atoms.